The molecule has 4 rings (SSSR count). The van der Waals surface area contributed by atoms with Gasteiger partial charge in [0, 0.05) is 47.4 Å². The Hall–Kier alpha value is -2.64. The largest absolute Gasteiger partial charge is 0.339 e. The fourth-order valence-electron chi connectivity index (χ4n) is 3.90. The first-order chi connectivity index (χ1) is 16.0. The Morgan fingerprint density at radius 2 is 1.94 bits per heavy atom. The lowest BCUT2D eigenvalue weighted by Crippen LogP contribution is -2.38. The molecule has 33 heavy (non-hydrogen) atoms. The highest BCUT2D eigenvalue weighted by atomic mass is 35.5. The number of rotatable bonds is 7. The van der Waals surface area contributed by atoms with Gasteiger partial charge in [-0.25, -0.2) is 4.79 Å². The van der Waals surface area contributed by atoms with E-state index in [1.165, 1.54) is 0 Å². The van der Waals surface area contributed by atoms with Crippen LogP contribution in [0.4, 0.5) is 16.4 Å². The lowest BCUT2D eigenvalue weighted by atomic mass is 10.1. The molecule has 8 heteroatoms. The Morgan fingerprint density at radius 1 is 1.18 bits per heavy atom. The zero-order chi connectivity index (χ0) is 23.2. The van der Waals surface area contributed by atoms with Gasteiger partial charge >= 0.3 is 6.03 Å². The number of halogens is 1. The van der Waals surface area contributed by atoms with Crippen molar-refractivity contribution in [3.8, 4) is 11.3 Å². The van der Waals surface area contributed by atoms with Crippen LogP contribution in [0.15, 0.2) is 59.1 Å². The average Bonchev–Trinajstić information content (AvgIpc) is 3.23. The summed E-state index contributed by atoms with van der Waals surface area (Å²) in [6, 6.07) is 17.0. The summed E-state index contributed by atoms with van der Waals surface area (Å²) in [7, 11) is 0. The normalized spacial score (nSPS) is 13.9. The second-order valence-corrected chi connectivity index (χ2v) is 10.2. The van der Waals surface area contributed by atoms with Gasteiger partial charge in [-0.15, -0.1) is 0 Å². The molecule has 0 saturated carbocycles. The first-order valence-corrected chi connectivity index (χ1v) is 12.7. The number of nitrogens with one attached hydrogen (secondary N) is 1. The van der Waals surface area contributed by atoms with E-state index in [1.807, 2.05) is 59.1 Å². The zero-order valence-corrected chi connectivity index (χ0v) is 20.5. The highest BCUT2D eigenvalue weighted by Gasteiger charge is 2.27. The number of anilines is 2. The Labute approximate surface area is 204 Å². The highest BCUT2D eigenvalue weighted by Crippen LogP contribution is 2.34. The highest BCUT2D eigenvalue weighted by molar-refractivity contribution is 7.99. The van der Waals surface area contributed by atoms with Gasteiger partial charge in [0.2, 0.25) is 5.88 Å². The second kappa shape index (κ2) is 11.0. The van der Waals surface area contributed by atoms with Crippen LogP contribution in [0, 0.1) is 5.92 Å². The van der Waals surface area contributed by atoms with Crippen LogP contribution < -0.4 is 10.2 Å². The Bertz CT molecular complexity index is 1070. The molecule has 0 aliphatic carbocycles. The molecule has 2 amide bonds. The number of carbonyl (C=O) groups excluding carboxylic acids is 1. The summed E-state index contributed by atoms with van der Waals surface area (Å²) in [5.41, 5.74) is 3.37. The summed E-state index contributed by atoms with van der Waals surface area (Å²) in [6.45, 7) is 7.01. The van der Waals surface area contributed by atoms with Crippen molar-refractivity contribution in [1.82, 2.24) is 10.1 Å². The van der Waals surface area contributed by atoms with Crippen LogP contribution in [0.2, 0.25) is 5.02 Å². The molecule has 1 aromatic heterocycles. The van der Waals surface area contributed by atoms with Gasteiger partial charge in [0.05, 0.1) is 12.1 Å². The van der Waals surface area contributed by atoms with Gasteiger partial charge in [0.25, 0.3) is 0 Å². The zero-order valence-electron chi connectivity index (χ0n) is 19.0. The van der Waals surface area contributed by atoms with Gasteiger partial charge in [-0.05, 0) is 24.1 Å². The fraction of sp³-hybridized carbons (Fsp3) is 0.360. The molecule has 1 fully saturated rings. The minimum Gasteiger partial charge on any atom is -0.339 e. The first-order valence-electron chi connectivity index (χ1n) is 11.2. The summed E-state index contributed by atoms with van der Waals surface area (Å²) in [4.78, 5) is 17.4. The van der Waals surface area contributed by atoms with Crippen molar-refractivity contribution in [3.05, 3.63) is 65.2 Å². The van der Waals surface area contributed by atoms with Gasteiger partial charge in [0.15, 0.2) is 0 Å². The number of hydrogen-bond acceptors (Lipinski definition) is 5. The maximum Gasteiger partial charge on any atom is 0.322 e. The standard InChI is InChI=1S/C25H29ClN4O2S/c1-18(2)16-30(25(31)27-21-10-6-9-20(26)15-21)17-22-23(19-7-4-3-5-8-19)28-32-24(22)29-11-13-33-14-12-29/h3-10,15,18H,11-14,16-17H2,1-2H3,(H,27,31). The molecule has 1 aliphatic rings. The van der Waals surface area contributed by atoms with E-state index in [4.69, 9.17) is 16.1 Å². The van der Waals surface area contributed by atoms with Crippen molar-refractivity contribution < 1.29 is 9.32 Å². The number of urea groups is 1. The minimum absolute atomic E-state index is 0.175. The van der Waals surface area contributed by atoms with Crippen molar-refractivity contribution in [2.24, 2.45) is 5.92 Å². The molecule has 1 N–H and O–H groups in total. The van der Waals surface area contributed by atoms with E-state index in [-0.39, 0.29) is 6.03 Å². The van der Waals surface area contributed by atoms with Gasteiger partial charge < -0.3 is 19.6 Å². The van der Waals surface area contributed by atoms with Gasteiger partial charge in [-0.3, -0.25) is 0 Å². The van der Waals surface area contributed by atoms with Crippen LogP contribution in [0.1, 0.15) is 19.4 Å². The van der Waals surface area contributed by atoms with Crippen molar-refractivity contribution in [2.75, 3.05) is 41.4 Å². The quantitative estimate of drug-likeness (QED) is 0.430. The number of nitrogens with zero attached hydrogens (tertiary/aromatic N) is 3. The number of amides is 2. The van der Waals surface area contributed by atoms with E-state index in [0.717, 1.165) is 47.3 Å². The smallest absolute Gasteiger partial charge is 0.322 e. The van der Waals surface area contributed by atoms with E-state index in [2.05, 4.69) is 29.2 Å². The molecule has 1 saturated heterocycles. The van der Waals surface area contributed by atoms with E-state index in [1.54, 1.807) is 12.1 Å². The number of thioether (sulfide) groups is 1. The van der Waals surface area contributed by atoms with E-state index >= 15 is 0 Å². The fourth-order valence-corrected chi connectivity index (χ4v) is 4.99. The monoisotopic (exact) mass is 484 g/mol. The maximum absolute atomic E-state index is 13.3. The van der Waals surface area contributed by atoms with Crippen LogP contribution in [0.3, 0.4) is 0 Å². The summed E-state index contributed by atoms with van der Waals surface area (Å²) >= 11 is 8.05. The van der Waals surface area contributed by atoms with Crippen molar-refractivity contribution in [1.29, 1.82) is 0 Å². The lowest BCUT2D eigenvalue weighted by molar-refractivity contribution is 0.201. The molecule has 0 bridgehead atoms. The number of aromatic nitrogens is 1. The Morgan fingerprint density at radius 3 is 2.64 bits per heavy atom. The van der Waals surface area contributed by atoms with Crippen molar-refractivity contribution in [3.63, 3.8) is 0 Å². The minimum atomic E-state index is -0.175. The summed E-state index contributed by atoms with van der Waals surface area (Å²) in [5.74, 6) is 3.15. The van der Waals surface area contributed by atoms with E-state index < -0.39 is 0 Å². The summed E-state index contributed by atoms with van der Waals surface area (Å²) in [6.07, 6.45) is 0. The second-order valence-electron chi connectivity index (χ2n) is 8.50. The third kappa shape index (κ3) is 6.03. The van der Waals surface area contributed by atoms with Gasteiger partial charge in [-0.1, -0.05) is 67.0 Å². The third-order valence-corrected chi connectivity index (χ3v) is 6.59. The SMILES string of the molecule is CC(C)CN(Cc1c(-c2ccccc2)noc1N1CCSCC1)C(=O)Nc1cccc(Cl)c1. The predicted molar refractivity (Wildman–Crippen MR) is 137 cm³/mol. The lowest BCUT2D eigenvalue weighted by Gasteiger charge is -2.29. The molecular weight excluding hydrogens is 456 g/mol. The van der Waals surface area contributed by atoms with Gasteiger partial charge in [-0.2, -0.15) is 11.8 Å². The first kappa shape index (κ1) is 23.5. The molecule has 2 heterocycles. The number of carbonyl (C=O) groups is 1. The Balaban J connectivity index is 1.66. The van der Waals surface area contributed by atoms with Crippen LogP contribution in [0.5, 0.6) is 0 Å². The van der Waals surface area contributed by atoms with Crippen LogP contribution in [0.25, 0.3) is 11.3 Å². The van der Waals surface area contributed by atoms with Crippen LogP contribution >= 0.6 is 23.4 Å². The predicted octanol–water partition coefficient (Wildman–Crippen LogP) is 6.24. The number of benzene rings is 2. The van der Waals surface area contributed by atoms with Crippen molar-refractivity contribution in [2.45, 2.75) is 20.4 Å². The molecule has 0 radical (unpaired) electrons. The van der Waals surface area contributed by atoms with Gasteiger partial charge in [0.1, 0.15) is 5.69 Å². The Kier molecular flexibility index (Phi) is 7.83. The van der Waals surface area contributed by atoms with E-state index in [9.17, 15) is 4.79 Å². The van der Waals surface area contributed by atoms with Crippen molar-refractivity contribution >= 4 is 41.0 Å². The summed E-state index contributed by atoms with van der Waals surface area (Å²) in [5, 5.41) is 8.03. The molecule has 6 nitrogen and oxygen atoms in total. The summed E-state index contributed by atoms with van der Waals surface area (Å²) < 4.78 is 5.90. The van der Waals surface area contributed by atoms with Crippen LogP contribution in [-0.4, -0.2) is 47.2 Å². The molecule has 0 spiro atoms. The molecule has 174 valence electrons. The third-order valence-electron chi connectivity index (χ3n) is 5.41. The van der Waals surface area contributed by atoms with E-state index in [0.29, 0.717) is 29.7 Å². The maximum atomic E-state index is 13.3. The molecule has 0 unspecified atom stereocenters. The molecule has 0 atom stereocenters. The average molecular weight is 485 g/mol. The molecule has 1 aliphatic heterocycles. The number of hydrogen-bond donors (Lipinski definition) is 1. The molecule has 3 aromatic rings. The molecular formula is C25H29ClN4O2S. The topological polar surface area (TPSA) is 61.6 Å². The van der Waals surface area contributed by atoms with Crippen LogP contribution in [-0.2, 0) is 6.54 Å². The molecule has 2 aromatic carbocycles.